The van der Waals surface area contributed by atoms with E-state index in [1.165, 1.54) is 0 Å². The van der Waals surface area contributed by atoms with Crippen molar-refractivity contribution in [2.45, 2.75) is 0 Å². The molecule has 0 spiro atoms. The number of thiophene rings is 1. The number of hydrogen-bond acceptors (Lipinski definition) is 5. The van der Waals surface area contributed by atoms with E-state index >= 15 is 0 Å². The number of carbonyl (C=O) groups excluding carboxylic acids is 2. The van der Waals surface area contributed by atoms with Gasteiger partial charge in [0.1, 0.15) is 11.5 Å². The first-order valence-corrected chi connectivity index (χ1v) is 8.01. The number of carbonyl (C=O) groups is 2. The third-order valence-corrected chi connectivity index (χ3v) is 4.23. The lowest BCUT2D eigenvalue weighted by atomic mass is 10.0. The number of anilines is 1. The average molecular weight is 334 g/mol. The molecule has 1 aromatic heterocycles. The summed E-state index contributed by atoms with van der Waals surface area (Å²) in [5, 5.41) is 24.9. The second-order valence-electron chi connectivity index (χ2n) is 5.16. The maximum Gasteiger partial charge on any atom is 0.280 e. The van der Waals surface area contributed by atoms with Gasteiger partial charge in [0.2, 0.25) is 0 Å². The molecule has 0 aliphatic carbocycles. The molecule has 0 radical (unpaired) electrons. The second-order valence-corrected chi connectivity index (χ2v) is 6.04. The van der Waals surface area contributed by atoms with Crippen molar-refractivity contribution in [1.29, 1.82) is 0 Å². The number of likely N-dealkylation sites (N-methyl/N-ethyl adjacent to an activating group) is 1. The predicted octanol–water partition coefficient (Wildman–Crippen LogP) is -0.776. The van der Waals surface area contributed by atoms with Crippen LogP contribution in [0.1, 0.15) is 10.4 Å². The van der Waals surface area contributed by atoms with Gasteiger partial charge in [0.15, 0.2) is 6.54 Å². The van der Waals surface area contributed by atoms with E-state index in [0.717, 1.165) is 21.8 Å². The molecule has 1 amide bonds. The highest BCUT2D eigenvalue weighted by Gasteiger charge is 2.17. The molecule has 0 saturated carbocycles. The summed E-state index contributed by atoms with van der Waals surface area (Å²) in [5.74, 6) is -1.63. The molecule has 0 aliphatic rings. The normalized spacial score (nSPS) is 11.9. The molecule has 23 heavy (non-hydrogen) atoms. The topological polar surface area (TPSA) is 93.9 Å². The largest absolute Gasteiger partial charge is 0.545 e. The summed E-state index contributed by atoms with van der Waals surface area (Å²) in [7, 11) is 1.78. The monoisotopic (exact) mass is 334 g/mol. The van der Waals surface area contributed by atoms with Crippen molar-refractivity contribution in [3.05, 3.63) is 41.3 Å². The molecule has 0 saturated heterocycles. The predicted molar refractivity (Wildman–Crippen MR) is 86.4 cm³/mol. The van der Waals surface area contributed by atoms with Crippen LogP contribution in [-0.4, -0.2) is 43.7 Å². The third kappa shape index (κ3) is 4.38. The Kier molecular flexibility index (Phi) is 5.86. The lowest BCUT2D eigenvalue weighted by Gasteiger charge is -2.13. The SMILES string of the molecule is C[NH+](CCO)CC(=O)Nc1scc(-c2ccccc2)c1C(=O)[O-]. The van der Waals surface area contributed by atoms with Crippen molar-refractivity contribution in [3.8, 4) is 11.1 Å². The number of nitrogens with one attached hydrogen (secondary N) is 2. The molecule has 2 aromatic rings. The van der Waals surface area contributed by atoms with E-state index in [1.807, 2.05) is 18.2 Å². The summed E-state index contributed by atoms with van der Waals surface area (Å²) in [6.45, 7) is 0.576. The Labute approximate surface area is 138 Å². The fourth-order valence-electron chi connectivity index (χ4n) is 2.21. The Morgan fingerprint density at radius 2 is 2.00 bits per heavy atom. The van der Waals surface area contributed by atoms with Crippen LogP contribution in [0.5, 0.6) is 0 Å². The van der Waals surface area contributed by atoms with Gasteiger partial charge in [-0.1, -0.05) is 30.3 Å². The van der Waals surface area contributed by atoms with Gasteiger partial charge in [-0.25, -0.2) is 0 Å². The zero-order valence-electron chi connectivity index (χ0n) is 12.7. The summed E-state index contributed by atoms with van der Waals surface area (Å²) >= 11 is 1.16. The zero-order chi connectivity index (χ0) is 16.8. The fourth-order valence-corrected chi connectivity index (χ4v) is 3.18. The number of aliphatic hydroxyl groups excluding tert-OH is 1. The minimum Gasteiger partial charge on any atom is -0.545 e. The Bertz CT molecular complexity index is 685. The fraction of sp³-hybridized carbons (Fsp3) is 0.250. The highest BCUT2D eigenvalue weighted by molar-refractivity contribution is 7.15. The molecule has 6 nitrogen and oxygen atoms in total. The van der Waals surface area contributed by atoms with Crippen molar-refractivity contribution in [2.75, 3.05) is 32.1 Å². The van der Waals surface area contributed by atoms with Crippen molar-refractivity contribution in [1.82, 2.24) is 0 Å². The van der Waals surface area contributed by atoms with Gasteiger partial charge >= 0.3 is 0 Å². The van der Waals surface area contributed by atoms with Gasteiger partial charge in [-0.2, -0.15) is 0 Å². The van der Waals surface area contributed by atoms with E-state index in [1.54, 1.807) is 24.6 Å². The Hall–Kier alpha value is -2.22. The Morgan fingerprint density at radius 3 is 2.61 bits per heavy atom. The molecule has 1 unspecified atom stereocenters. The summed E-state index contributed by atoms with van der Waals surface area (Å²) in [4.78, 5) is 24.3. The Morgan fingerprint density at radius 1 is 1.30 bits per heavy atom. The first-order valence-electron chi connectivity index (χ1n) is 7.13. The molecule has 3 N–H and O–H groups in total. The minimum atomic E-state index is -1.32. The van der Waals surface area contributed by atoms with E-state index in [-0.39, 0.29) is 29.6 Å². The third-order valence-electron chi connectivity index (χ3n) is 3.33. The van der Waals surface area contributed by atoms with Gasteiger partial charge in [0.05, 0.1) is 19.6 Å². The summed E-state index contributed by atoms with van der Waals surface area (Å²) in [6.07, 6.45) is 0. The first-order chi connectivity index (χ1) is 11.0. The molecule has 0 fully saturated rings. The molecule has 0 aliphatic heterocycles. The number of rotatable bonds is 7. The summed E-state index contributed by atoms with van der Waals surface area (Å²) < 4.78 is 0. The number of amides is 1. The smallest absolute Gasteiger partial charge is 0.280 e. The van der Waals surface area contributed by atoms with Gasteiger partial charge in [-0.15, -0.1) is 11.3 Å². The zero-order valence-corrected chi connectivity index (χ0v) is 13.5. The van der Waals surface area contributed by atoms with Gasteiger partial charge in [0.25, 0.3) is 5.91 Å². The van der Waals surface area contributed by atoms with Crippen LogP contribution in [-0.2, 0) is 4.79 Å². The van der Waals surface area contributed by atoms with E-state index in [4.69, 9.17) is 5.11 Å². The lowest BCUT2D eigenvalue weighted by molar-refractivity contribution is -0.871. The van der Waals surface area contributed by atoms with Crippen molar-refractivity contribution in [2.24, 2.45) is 0 Å². The molecule has 1 heterocycles. The number of benzene rings is 1. The van der Waals surface area contributed by atoms with E-state index in [0.29, 0.717) is 12.1 Å². The van der Waals surface area contributed by atoms with Gasteiger partial charge in [-0.05, 0) is 5.56 Å². The van der Waals surface area contributed by atoms with Crippen LogP contribution >= 0.6 is 11.3 Å². The number of aromatic carboxylic acids is 1. The minimum absolute atomic E-state index is 0.00522. The van der Waals surface area contributed by atoms with Crippen LogP contribution in [0.2, 0.25) is 0 Å². The molecule has 122 valence electrons. The maximum atomic E-state index is 12.0. The van der Waals surface area contributed by atoms with E-state index in [2.05, 4.69) is 5.32 Å². The van der Waals surface area contributed by atoms with Crippen LogP contribution in [0.3, 0.4) is 0 Å². The van der Waals surface area contributed by atoms with Crippen molar-refractivity contribution in [3.63, 3.8) is 0 Å². The van der Waals surface area contributed by atoms with Crippen molar-refractivity contribution < 1.29 is 24.7 Å². The standard InChI is InChI=1S/C16H18N2O4S/c1-18(7-8-19)9-13(20)17-15-14(16(21)22)12(10-23-15)11-5-3-2-4-6-11/h2-6,10,19H,7-9H2,1H3,(H,17,20)(H,21,22). The van der Waals surface area contributed by atoms with Crippen LogP contribution < -0.4 is 15.3 Å². The molecule has 0 bridgehead atoms. The van der Waals surface area contributed by atoms with E-state index in [9.17, 15) is 14.7 Å². The maximum absolute atomic E-state index is 12.0. The molecular weight excluding hydrogens is 316 g/mol. The van der Waals surface area contributed by atoms with Gasteiger partial charge in [0, 0.05) is 16.5 Å². The number of quaternary nitrogens is 1. The van der Waals surface area contributed by atoms with Crippen LogP contribution in [0.25, 0.3) is 11.1 Å². The van der Waals surface area contributed by atoms with E-state index < -0.39 is 5.97 Å². The number of carboxylic acids is 1. The first kappa shape index (κ1) is 17.1. The average Bonchev–Trinajstić information content (AvgIpc) is 2.91. The second kappa shape index (κ2) is 7.87. The molecule has 1 aromatic carbocycles. The van der Waals surface area contributed by atoms with Crippen LogP contribution in [0.4, 0.5) is 5.00 Å². The summed E-state index contributed by atoms with van der Waals surface area (Å²) in [5.41, 5.74) is 1.28. The van der Waals surface area contributed by atoms with Crippen molar-refractivity contribution >= 4 is 28.2 Å². The van der Waals surface area contributed by atoms with Gasteiger partial charge < -0.3 is 25.2 Å². The number of hydrogen-bond donors (Lipinski definition) is 3. The highest BCUT2D eigenvalue weighted by Crippen LogP contribution is 2.34. The summed E-state index contributed by atoms with van der Waals surface area (Å²) in [6, 6.07) is 9.09. The number of carboxylic acid groups (broad SMARTS) is 1. The molecule has 2 rings (SSSR count). The lowest BCUT2D eigenvalue weighted by Crippen LogP contribution is -3.10. The molecule has 7 heteroatoms. The number of aliphatic hydroxyl groups is 1. The van der Waals surface area contributed by atoms with Crippen LogP contribution in [0.15, 0.2) is 35.7 Å². The quantitative estimate of drug-likeness (QED) is 0.619. The van der Waals surface area contributed by atoms with Gasteiger partial charge in [-0.3, -0.25) is 4.79 Å². The molecular formula is C16H18N2O4S. The highest BCUT2D eigenvalue weighted by atomic mass is 32.1. The Balaban J connectivity index is 2.22. The molecule has 1 atom stereocenters. The van der Waals surface area contributed by atoms with Crippen LogP contribution in [0, 0.1) is 0 Å².